The van der Waals surface area contributed by atoms with Crippen LogP contribution in [0.25, 0.3) is 11.0 Å². The van der Waals surface area contributed by atoms with Gasteiger partial charge in [-0.25, -0.2) is 9.97 Å². The number of morpholine rings is 1. The van der Waals surface area contributed by atoms with Crippen LogP contribution >= 0.6 is 0 Å². The van der Waals surface area contributed by atoms with Crippen LogP contribution in [0.4, 0.5) is 19.0 Å². The van der Waals surface area contributed by atoms with Gasteiger partial charge in [-0.3, -0.25) is 0 Å². The molecule has 1 saturated heterocycles. The van der Waals surface area contributed by atoms with Crippen LogP contribution in [-0.4, -0.2) is 54.9 Å². The summed E-state index contributed by atoms with van der Waals surface area (Å²) in [6, 6.07) is 9.24. The molecule has 3 N–H and O–H groups in total. The standard InChI is InChI=1S/C9H10O.C8H7F3N4.C4H9NO/c1-2-6-9-8(4-1)5-3-7-10-9;1-12-6-4-2-5(8(9,10)11)15-7(4)14-3-13-6;1-3-6-4-2-5-1/h1-2,4,6H,3,5,7H2;2-3H,1H3,(H2,12,13,14,15);5H,1-4H2. The minimum atomic E-state index is -4.40. The molecule has 0 saturated carbocycles. The average molecular weight is 437 g/mol. The molecule has 4 heterocycles. The number of benzene rings is 1. The summed E-state index contributed by atoms with van der Waals surface area (Å²) in [6.07, 6.45) is -0.857. The van der Waals surface area contributed by atoms with Gasteiger partial charge in [0.15, 0.2) is 0 Å². The van der Waals surface area contributed by atoms with Gasteiger partial charge in [-0.1, -0.05) is 18.2 Å². The SMILES string of the molecule is C1COCCN1.CNc1ncnc2[nH]c(C(F)(F)F)cc12.c1ccc2c(c1)CCCO2. The van der Waals surface area contributed by atoms with Crippen LogP contribution in [0, 0.1) is 0 Å². The summed E-state index contributed by atoms with van der Waals surface area (Å²) >= 11 is 0. The maximum Gasteiger partial charge on any atom is 0.431 e. The number of alkyl halides is 3. The third-order valence-corrected chi connectivity index (χ3v) is 4.63. The molecule has 0 bridgehead atoms. The van der Waals surface area contributed by atoms with Gasteiger partial charge in [-0.05, 0) is 30.5 Å². The van der Waals surface area contributed by atoms with E-state index >= 15 is 0 Å². The highest BCUT2D eigenvalue weighted by Crippen LogP contribution is 2.32. The fourth-order valence-corrected chi connectivity index (χ4v) is 3.10. The number of nitrogens with one attached hydrogen (secondary N) is 3. The summed E-state index contributed by atoms with van der Waals surface area (Å²) < 4.78 is 47.5. The maximum absolute atomic E-state index is 12.4. The third kappa shape index (κ3) is 6.56. The number of aromatic nitrogens is 3. The van der Waals surface area contributed by atoms with Gasteiger partial charge in [-0.15, -0.1) is 0 Å². The van der Waals surface area contributed by atoms with Crippen molar-refractivity contribution in [2.45, 2.75) is 19.0 Å². The lowest BCUT2D eigenvalue weighted by atomic mass is 10.1. The summed E-state index contributed by atoms with van der Waals surface area (Å²) in [5.41, 5.74) is 0.699. The molecule has 1 aromatic carbocycles. The van der Waals surface area contributed by atoms with Gasteiger partial charge < -0.3 is 25.1 Å². The fraction of sp³-hybridized carbons (Fsp3) is 0.429. The third-order valence-electron chi connectivity index (χ3n) is 4.63. The average Bonchev–Trinajstić information content (AvgIpc) is 3.27. The van der Waals surface area contributed by atoms with E-state index < -0.39 is 11.9 Å². The van der Waals surface area contributed by atoms with Crippen molar-refractivity contribution in [1.82, 2.24) is 20.3 Å². The molecule has 1 fully saturated rings. The highest BCUT2D eigenvalue weighted by Gasteiger charge is 2.33. The van der Waals surface area contributed by atoms with Crippen molar-refractivity contribution in [1.29, 1.82) is 0 Å². The van der Waals surface area contributed by atoms with E-state index in [1.165, 1.54) is 18.3 Å². The molecule has 0 radical (unpaired) electrons. The predicted octanol–water partition coefficient (Wildman–Crippen LogP) is 3.64. The Balaban J connectivity index is 0.000000146. The van der Waals surface area contributed by atoms with Crippen molar-refractivity contribution in [3.63, 3.8) is 0 Å². The van der Waals surface area contributed by atoms with Crippen molar-refractivity contribution in [3.05, 3.63) is 47.9 Å². The van der Waals surface area contributed by atoms with Crippen LogP contribution in [0.3, 0.4) is 0 Å². The molecule has 31 heavy (non-hydrogen) atoms. The molecular formula is C21H26F3N5O2. The van der Waals surface area contributed by atoms with Gasteiger partial charge in [0.1, 0.15) is 29.2 Å². The van der Waals surface area contributed by atoms with Crippen molar-refractivity contribution in [2.75, 3.05) is 45.3 Å². The van der Waals surface area contributed by atoms with Crippen LogP contribution < -0.4 is 15.4 Å². The van der Waals surface area contributed by atoms with E-state index in [2.05, 4.69) is 37.7 Å². The number of hydrogen-bond donors (Lipinski definition) is 3. The molecule has 0 amide bonds. The lowest BCUT2D eigenvalue weighted by molar-refractivity contribution is -0.140. The van der Waals surface area contributed by atoms with Crippen molar-refractivity contribution < 1.29 is 22.6 Å². The van der Waals surface area contributed by atoms with Gasteiger partial charge in [0, 0.05) is 20.1 Å². The first kappa shape index (κ1) is 22.8. The van der Waals surface area contributed by atoms with Crippen molar-refractivity contribution in [2.24, 2.45) is 0 Å². The largest absolute Gasteiger partial charge is 0.493 e. The second kappa shape index (κ2) is 11.0. The number of halogens is 3. The van der Waals surface area contributed by atoms with E-state index in [1.807, 2.05) is 12.1 Å². The zero-order chi connectivity index (χ0) is 22.1. The lowest BCUT2D eigenvalue weighted by Crippen LogP contribution is -2.30. The monoisotopic (exact) mass is 437 g/mol. The van der Waals surface area contributed by atoms with E-state index in [-0.39, 0.29) is 5.65 Å². The molecule has 2 aliphatic heterocycles. The number of fused-ring (bicyclic) bond motifs is 2. The molecule has 0 aliphatic carbocycles. The number of H-pyrrole nitrogens is 1. The van der Waals surface area contributed by atoms with Crippen LogP contribution in [0.5, 0.6) is 5.75 Å². The van der Waals surface area contributed by atoms with Gasteiger partial charge in [-0.2, -0.15) is 13.2 Å². The fourth-order valence-electron chi connectivity index (χ4n) is 3.10. The molecule has 2 aromatic heterocycles. The Morgan fingerprint density at radius 3 is 2.45 bits per heavy atom. The first-order chi connectivity index (χ1) is 15.0. The van der Waals surface area contributed by atoms with Crippen LogP contribution in [-0.2, 0) is 17.3 Å². The van der Waals surface area contributed by atoms with E-state index in [1.54, 1.807) is 7.05 Å². The van der Waals surface area contributed by atoms with Crippen LogP contribution in [0.2, 0.25) is 0 Å². The molecule has 0 unspecified atom stereocenters. The number of anilines is 1. The van der Waals surface area contributed by atoms with Gasteiger partial charge >= 0.3 is 6.18 Å². The number of rotatable bonds is 1. The van der Waals surface area contributed by atoms with E-state index in [4.69, 9.17) is 9.47 Å². The Kier molecular flexibility index (Phi) is 8.07. The topological polar surface area (TPSA) is 84.1 Å². The zero-order valence-electron chi connectivity index (χ0n) is 17.3. The predicted molar refractivity (Wildman–Crippen MR) is 112 cm³/mol. The molecule has 0 spiro atoms. The maximum atomic E-state index is 12.4. The molecule has 7 nitrogen and oxygen atoms in total. The number of nitrogens with zero attached hydrogens (tertiary/aromatic N) is 2. The summed E-state index contributed by atoms with van der Waals surface area (Å²) in [7, 11) is 1.59. The number of ether oxygens (including phenoxy) is 2. The van der Waals surface area contributed by atoms with Crippen LogP contribution in [0.15, 0.2) is 36.7 Å². The number of aryl methyl sites for hydroxylation is 1. The molecule has 5 rings (SSSR count). The smallest absolute Gasteiger partial charge is 0.431 e. The van der Waals surface area contributed by atoms with Crippen molar-refractivity contribution in [3.8, 4) is 5.75 Å². The number of para-hydroxylation sites is 1. The lowest BCUT2D eigenvalue weighted by Gasteiger charge is -2.15. The molecule has 0 atom stereocenters. The Morgan fingerprint density at radius 2 is 1.84 bits per heavy atom. The van der Waals surface area contributed by atoms with E-state index in [0.29, 0.717) is 11.2 Å². The Bertz CT molecular complexity index is 921. The highest BCUT2D eigenvalue weighted by molar-refractivity contribution is 5.87. The Morgan fingerprint density at radius 1 is 1.06 bits per heavy atom. The summed E-state index contributed by atoms with van der Waals surface area (Å²) in [4.78, 5) is 9.72. The Labute approximate surface area is 178 Å². The van der Waals surface area contributed by atoms with Gasteiger partial charge in [0.2, 0.25) is 0 Å². The number of aromatic amines is 1. The first-order valence-electron chi connectivity index (χ1n) is 10.1. The molecule has 2 aliphatic rings. The first-order valence-corrected chi connectivity index (χ1v) is 10.1. The number of hydrogen-bond acceptors (Lipinski definition) is 6. The quantitative estimate of drug-likeness (QED) is 0.539. The molecule has 168 valence electrons. The second-order valence-electron chi connectivity index (χ2n) is 6.84. The molecule has 10 heteroatoms. The summed E-state index contributed by atoms with van der Waals surface area (Å²) in [5, 5.41) is 6.18. The Hall–Kier alpha value is -2.85. The summed E-state index contributed by atoms with van der Waals surface area (Å²) in [5.74, 6) is 1.44. The van der Waals surface area contributed by atoms with E-state index in [0.717, 1.165) is 51.1 Å². The molecular weight excluding hydrogens is 411 g/mol. The van der Waals surface area contributed by atoms with E-state index in [9.17, 15) is 13.2 Å². The van der Waals surface area contributed by atoms with Crippen LogP contribution in [0.1, 0.15) is 17.7 Å². The van der Waals surface area contributed by atoms with Crippen molar-refractivity contribution >= 4 is 16.9 Å². The van der Waals surface area contributed by atoms with Gasteiger partial charge in [0.05, 0.1) is 25.2 Å². The second-order valence-corrected chi connectivity index (χ2v) is 6.84. The normalized spacial score (nSPS) is 15.5. The van der Waals surface area contributed by atoms with Gasteiger partial charge in [0.25, 0.3) is 0 Å². The molecule has 3 aromatic rings. The summed E-state index contributed by atoms with van der Waals surface area (Å²) in [6.45, 7) is 4.72. The minimum absolute atomic E-state index is 0.168. The zero-order valence-corrected chi connectivity index (χ0v) is 17.3. The minimum Gasteiger partial charge on any atom is -0.493 e. The highest BCUT2D eigenvalue weighted by atomic mass is 19.4.